The Morgan fingerprint density at radius 1 is 1.11 bits per heavy atom. The smallest absolute Gasteiger partial charge is 0.341 e. The second-order valence-corrected chi connectivity index (χ2v) is 9.79. The van der Waals surface area contributed by atoms with Gasteiger partial charge in [0.05, 0.1) is 5.39 Å². The van der Waals surface area contributed by atoms with E-state index in [0.29, 0.717) is 17.5 Å². The Morgan fingerprint density at radius 3 is 2.65 bits per heavy atom. The van der Waals surface area contributed by atoms with Crippen molar-refractivity contribution in [3.05, 3.63) is 93.4 Å². The largest absolute Gasteiger partial charge is 0.477 e. The van der Waals surface area contributed by atoms with Gasteiger partial charge in [-0.3, -0.25) is 4.79 Å². The SMILES string of the molecule is CN1CCC(c2ccc(Nc3ncc4c(=O)c(C(=O)O)cn(-c5ccc6c(c5)C=CC6)c4n3)cc2)CC1. The van der Waals surface area contributed by atoms with E-state index in [1.165, 1.54) is 23.5 Å². The van der Waals surface area contributed by atoms with Crippen LogP contribution in [0.5, 0.6) is 0 Å². The van der Waals surface area contributed by atoms with Crippen molar-refractivity contribution in [3.8, 4) is 5.69 Å². The summed E-state index contributed by atoms with van der Waals surface area (Å²) in [5.41, 5.74) is 4.59. The number of piperidine rings is 1. The van der Waals surface area contributed by atoms with Crippen molar-refractivity contribution in [3.63, 3.8) is 0 Å². The highest BCUT2D eigenvalue weighted by molar-refractivity contribution is 5.92. The average molecular weight is 494 g/mol. The van der Waals surface area contributed by atoms with Gasteiger partial charge in [-0.1, -0.05) is 30.4 Å². The fourth-order valence-corrected chi connectivity index (χ4v) is 5.22. The van der Waals surface area contributed by atoms with Gasteiger partial charge in [0.1, 0.15) is 5.56 Å². The van der Waals surface area contributed by atoms with Crippen molar-refractivity contribution >= 4 is 34.7 Å². The minimum absolute atomic E-state index is 0.152. The van der Waals surface area contributed by atoms with Crippen LogP contribution in [0.2, 0.25) is 0 Å². The molecule has 2 aromatic heterocycles. The number of hydrogen-bond donors (Lipinski definition) is 2. The number of carboxylic acid groups (broad SMARTS) is 1. The van der Waals surface area contributed by atoms with E-state index < -0.39 is 11.4 Å². The van der Waals surface area contributed by atoms with Gasteiger partial charge in [-0.2, -0.15) is 4.98 Å². The summed E-state index contributed by atoms with van der Waals surface area (Å²) in [6.07, 6.45) is 10.1. The van der Waals surface area contributed by atoms with Gasteiger partial charge in [0.15, 0.2) is 5.65 Å². The minimum atomic E-state index is -1.28. The Balaban J connectivity index is 1.36. The van der Waals surface area contributed by atoms with E-state index in [-0.39, 0.29) is 10.9 Å². The first-order chi connectivity index (χ1) is 18.0. The second kappa shape index (κ2) is 9.29. The zero-order valence-corrected chi connectivity index (χ0v) is 20.5. The molecular formula is C29H27N5O3. The molecule has 186 valence electrons. The predicted octanol–water partition coefficient (Wildman–Crippen LogP) is 4.60. The van der Waals surface area contributed by atoms with Gasteiger partial charge in [-0.25, -0.2) is 9.78 Å². The minimum Gasteiger partial charge on any atom is -0.477 e. The van der Waals surface area contributed by atoms with E-state index in [4.69, 9.17) is 0 Å². The number of hydrogen-bond acceptors (Lipinski definition) is 6. The van der Waals surface area contributed by atoms with Crippen LogP contribution >= 0.6 is 0 Å². The summed E-state index contributed by atoms with van der Waals surface area (Å²) in [5, 5.41) is 13.0. The Kier molecular flexibility index (Phi) is 5.81. The third kappa shape index (κ3) is 4.40. The van der Waals surface area contributed by atoms with Crippen molar-refractivity contribution < 1.29 is 9.90 Å². The van der Waals surface area contributed by atoms with Crippen LogP contribution < -0.4 is 10.7 Å². The molecule has 1 fully saturated rings. The molecule has 0 radical (unpaired) electrons. The molecule has 0 bridgehead atoms. The van der Waals surface area contributed by atoms with Gasteiger partial charge < -0.3 is 19.9 Å². The van der Waals surface area contributed by atoms with Crippen molar-refractivity contribution in [1.82, 2.24) is 19.4 Å². The van der Waals surface area contributed by atoms with Crippen molar-refractivity contribution in [2.45, 2.75) is 25.2 Å². The molecule has 2 aliphatic rings. The van der Waals surface area contributed by atoms with Gasteiger partial charge in [0.2, 0.25) is 11.4 Å². The van der Waals surface area contributed by atoms with Crippen LogP contribution in [0.15, 0.2) is 65.7 Å². The summed E-state index contributed by atoms with van der Waals surface area (Å²) in [6, 6.07) is 14.2. The monoisotopic (exact) mass is 493 g/mol. The van der Waals surface area contributed by atoms with E-state index in [0.717, 1.165) is 49.3 Å². The molecule has 1 saturated heterocycles. The zero-order valence-electron chi connectivity index (χ0n) is 20.5. The first-order valence-electron chi connectivity index (χ1n) is 12.5. The van der Waals surface area contributed by atoms with Crippen LogP contribution in [0.25, 0.3) is 22.8 Å². The molecule has 1 aliphatic heterocycles. The van der Waals surface area contributed by atoms with Crippen LogP contribution in [0.1, 0.15) is 45.8 Å². The number of benzene rings is 2. The molecule has 0 unspecified atom stereocenters. The molecule has 0 saturated carbocycles. The van der Waals surface area contributed by atoms with Crippen molar-refractivity contribution in [2.24, 2.45) is 0 Å². The molecule has 6 rings (SSSR count). The van der Waals surface area contributed by atoms with Crippen molar-refractivity contribution in [1.29, 1.82) is 0 Å². The number of aromatic carboxylic acids is 1. The third-order valence-corrected chi connectivity index (χ3v) is 7.37. The molecule has 8 heteroatoms. The quantitative estimate of drug-likeness (QED) is 0.419. The maximum atomic E-state index is 12.9. The fourth-order valence-electron chi connectivity index (χ4n) is 5.22. The number of likely N-dealkylation sites (tertiary alicyclic amines) is 1. The lowest BCUT2D eigenvalue weighted by molar-refractivity contribution is 0.0695. The van der Waals surface area contributed by atoms with E-state index >= 15 is 0 Å². The first kappa shape index (κ1) is 23.1. The van der Waals surface area contributed by atoms with Gasteiger partial charge in [-0.15, -0.1) is 0 Å². The molecule has 3 heterocycles. The highest BCUT2D eigenvalue weighted by atomic mass is 16.4. The summed E-state index contributed by atoms with van der Waals surface area (Å²) in [4.78, 5) is 36.1. The molecule has 8 nitrogen and oxygen atoms in total. The average Bonchev–Trinajstić information content (AvgIpc) is 3.38. The van der Waals surface area contributed by atoms with Crippen LogP contribution in [0.4, 0.5) is 11.6 Å². The standard InChI is InChI=1S/C29H27N5O3/c1-33-13-11-20(12-14-33)19-5-8-22(9-6-19)31-29-30-16-24-26(35)25(28(36)37)17-34(27(24)32-29)23-10-7-18-3-2-4-21(18)15-23/h2,4-10,15-17,20H,3,11-14H2,1H3,(H,36,37)(H,30,31,32). The first-order valence-corrected chi connectivity index (χ1v) is 12.5. The molecule has 0 atom stereocenters. The number of pyridine rings is 1. The lowest BCUT2D eigenvalue weighted by atomic mass is 9.89. The maximum Gasteiger partial charge on any atom is 0.341 e. The lowest BCUT2D eigenvalue weighted by Crippen LogP contribution is -2.29. The Bertz CT molecular complexity index is 1600. The fraction of sp³-hybridized carbons (Fsp3) is 0.241. The number of fused-ring (bicyclic) bond motifs is 2. The Morgan fingerprint density at radius 2 is 1.89 bits per heavy atom. The van der Waals surface area contributed by atoms with E-state index in [1.807, 2.05) is 36.4 Å². The zero-order chi connectivity index (χ0) is 25.5. The normalized spacial score (nSPS) is 15.7. The number of nitrogens with one attached hydrogen (secondary N) is 1. The molecule has 4 aromatic rings. The highest BCUT2D eigenvalue weighted by Crippen LogP contribution is 2.29. The van der Waals surface area contributed by atoms with Crippen molar-refractivity contribution in [2.75, 3.05) is 25.5 Å². The Hall–Kier alpha value is -4.30. The summed E-state index contributed by atoms with van der Waals surface area (Å²) < 4.78 is 1.66. The van der Waals surface area contributed by atoms with Crippen LogP contribution in [0.3, 0.4) is 0 Å². The van der Waals surface area contributed by atoms with E-state index in [2.05, 4.69) is 45.4 Å². The topological polar surface area (TPSA) is 100 Å². The number of anilines is 2. The number of aromatic nitrogens is 3. The highest BCUT2D eigenvalue weighted by Gasteiger charge is 2.20. The molecule has 0 spiro atoms. The molecule has 1 aliphatic carbocycles. The van der Waals surface area contributed by atoms with Crippen LogP contribution in [-0.4, -0.2) is 50.6 Å². The summed E-state index contributed by atoms with van der Waals surface area (Å²) in [7, 11) is 2.16. The summed E-state index contributed by atoms with van der Waals surface area (Å²) in [6.45, 7) is 2.23. The van der Waals surface area contributed by atoms with Crippen LogP contribution in [0, 0.1) is 0 Å². The molecule has 0 amide bonds. The summed E-state index contributed by atoms with van der Waals surface area (Å²) in [5.74, 6) is -0.382. The second-order valence-electron chi connectivity index (χ2n) is 9.79. The van der Waals surface area contributed by atoms with Crippen LogP contribution in [-0.2, 0) is 6.42 Å². The van der Waals surface area contributed by atoms with Gasteiger partial charge >= 0.3 is 5.97 Å². The number of carboxylic acids is 1. The number of carbonyl (C=O) groups is 1. The summed E-state index contributed by atoms with van der Waals surface area (Å²) >= 11 is 0. The maximum absolute atomic E-state index is 12.9. The van der Waals surface area contributed by atoms with Gasteiger partial charge in [0.25, 0.3) is 0 Å². The van der Waals surface area contributed by atoms with Gasteiger partial charge in [-0.05, 0) is 86.3 Å². The molecular weight excluding hydrogens is 466 g/mol. The molecule has 37 heavy (non-hydrogen) atoms. The molecule has 2 N–H and O–H groups in total. The van der Waals surface area contributed by atoms with E-state index in [9.17, 15) is 14.7 Å². The Labute approximate surface area is 213 Å². The lowest BCUT2D eigenvalue weighted by Gasteiger charge is -2.29. The third-order valence-electron chi connectivity index (χ3n) is 7.37. The number of rotatable bonds is 5. The number of nitrogens with zero attached hydrogens (tertiary/aromatic N) is 4. The molecule has 2 aromatic carbocycles. The van der Waals surface area contributed by atoms with E-state index in [1.54, 1.807) is 4.57 Å². The van der Waals surface area contributed by atoms with Gasteiger partial charge in [0, 0.05) is 23.8 Å². The number of allylic oxidation sites excluding steroid dienone is 1. The predicted molar refractivity (Wildman–Crippen MR) is 144 cm³/mol.